The summed E-state index contributed by atoms with van der Waals surface area (Å²) >= 11 is 6.06. The molecule has 1 amide bonds. The number of rotatable bonds is 7. The molecule has 8 heteroatoms. The molecule has 2 aromatic rings. The number of piperidine rings is 1. The molecule has 0 aromatic heterocycles. The van der Waals surface area contributed by atoms with Crippen LogP contribution >= 0.6 is 11.6 Å². The lowest BCUT2D eigenvalue weighted by molar-refractivity contribution is -0.120. The maximum Gasteiger partial charge on any atom is 0.246 e. The average Bonchev–Trinajstić information content (AvgIpc) is 2.76. The molecule has 32 heavy (non-hydrogen) atoms. The number of ether oxygens (including phenoxy) is 1. The number of nitrogens with zero attached hydrogens (tertiary/aromatic N) is 1. The van der Waals surface area contributed by atoms with Crippen LogP contribution < -0.4 is 10.1 Å². The predicted octanol–water partition coefficient (Wildman–Crippen LogP) is 5.21. The van der Waals surface area contributed by atoms with Crippen LogP contribution in [-0.2, 0) is 14.8 Å². The molecule has 1 aliphatic heterocycles. The molecular weight excluding hydrogens is 448 g/mol. The number of hydrogen-bond donors (Lipinski definition) is 1. The van der Waals surface area contributed by atoms with E-state index in [0.717, 1.165) is 16.8 Å². The van der Waals surface area contributed by atoms with E-state index in [1.807, 2.05) is 25.1 Å². The lowest BCUT2D eigenvalue weighted by Crippen LogP contribution is -2.41. The van der Waals surface area contributed by atoms with Gasteiger partial charge in [0.1, 0.15) is 10.6 Å². The molecule has 0 saturated carbocycles. The van der Waals surface area contributed by atoms with E-state index in [9.17, 15) is 13.2 Å². The van der Waals surface area contributed by atoms with Crippen LogP contribution in [0.15, 0.2) is 41.3 Å². The first-order chi connectivity index (χ1) is 15.1. The lowest BCUT2D eigenvalue weighted by Gasteiger charge is -2.31. The minimum Gasteiger partial charge on any atom is -0.492 e. The van der Waals surface area contributed by atoms with E-state index in [1.165, 1.54) is 10.4 Å². The van der Waals surface area contributed by atoms with Gasteiger partial charge in [-0.3, -0.25) is 4.79 Å². The van der Waals surface area contributed by atoms with Crippen molar-refractivity contribution in [3.8, 4) is 5.75 Å². The Bertz CT molecular complexity index is 1080. The normalized spacial score (nSPS) is 15.7. The largest absolute Gasteiger partial charge is 0.492 e. The van der Waals surface area contributed by atoms with Crippen LogP contribution in [0.1, 0.15) is 50.7 Å². The summed E-state index contributed by atoms with van der Waals surface area (Å²) in [6.07, 6.45) is 0.914. The SMILES string of the molecule is CCOc1ccc(Cl)cc1S(=O)(=O)N1CCC(C(=O)Nc2c(C)cccc2C(C)C)CC1. The molecule has 0 spiro atoms. The van der Waals surface area contributed by atoms with Gasteiger partial charge in [0.05, 0.1) is 6.61 Å². The molecule has 0 unspecified atom stereocenters. The molecule has 1 aliphatic rings. The number of hydrogen-bond acceptors (Lipinski definition) is 4. The van der Waals surface area contributed by atoms with E-state index in [-0.39, 0.29) is 41.5 Å². The zero-order valence-electron chi connectivity index (χ0n) is 19.0. The van der Waals surface area contributed by atoms with Gasteiger partial charge in [0.25, 0.3) is 0 Å². The number of nitrogens with one attached hydrogen (secondary N) is 1. The van der Waals surface area contributed by atoms with E-state index in [4.69, 9.17) is 16.3 Å². The van der Waals surface area contributed by atoms with Gasteiger partial charge >= 0.3 is 0 Å². The molecule has 1 heterocycles. The quantitative estimate of drug-likeness (QED) is 0.592. The van der Waals surface area contributed by atoms with E-state index in [2.05, 4.69) is 19.2 Å². The topological polar surface area (TPSA) is 75.7 Å². The monoisotopic (exact) mass is 478 g/mol. The summed E-state index contributed by atoms with van der Waals surface area (Å²) in [5, 5.41) is 3.44. The van der Waals surface area contributed by atoms with Crippen molar-refractivity contribution in [1.29, 1.82) is 0 Å². The van der Waals surface area contributed by atoms with Gasteiger partial charge in [-0.05, 0) is 61.9 Å². The molecule has 174 valence electrons. The van der Waals surface area contributed by atoms with E-state index >= 15 is 0 Å². The van der Waals surface area contributed by atoms with E-state index < -0.39 is 10.0 Å². The number of sulfonamides is 1. The first kappa shape index (κ1) is 24.6. The van der Waals surface area contributed by atoms with Gasteiger partial charge in [-0.1, -0.05) is 43.6 Å². The predicted molar refractivity (Wildman–Crippen MR) is 128 cm³/mol. The van der Waals surface area contributed by atoms with Gasteiger partial charge in [-0.2, -0.15) is 4.31 Å². The minimum absolute atomic E-state index is 0.0593. The van der Waals surface area contributed by atoms with E-state index in [1.54, 1.807) is 19.1 Å². The Balaban J connectivity index is 1.72. The molecule has 1 N–H and O–H groups in total. The highest BCUT2D eigenvalue weighted by atomic mass is 35.5. The standard InChI is InChI=1S/C24H31ClN2O4S/c1-5-31-21-10-9-19(25)15-22(21)32(29,30)27-13-11-18(12-14-27)24(28)26-23-17(4)7-6-8-20(23)16(2)3/h6-10,15-16,18H,5,11-14H2,1-4H3,(H,26,28). The van der Waals surface area contributed by atoms with Crippen molar-refractivity contribution >= 4 is 33.2 Å². The second-order valence-electron chi connectivity index (χ2n) is 8.39. The Hall–Kier alpha value is -2.09. The highest BCUT2D eigenvalue weighted by Gasteiger charge is 2.34. The number of para-hydroxylation sites is 1. The minimum atomic E-state index is -3.78. The molecule has 0 bridgehead atoms. The van der Waals surface area contributed by atoms with Crippen LogP contribution in [0.4, 0.5) is 5.69 Å². The Labute approximate surface area is 196 Å². The number of carbonyl (C=O) groups excluding carboxylic acids is 1. The summed E-state index contributed by atoms with van der Waals surface area (Å²) in [6.45, 7) is 8.86. The fourth-order valence-electron chi connectivity index (χ4n) is 4.02. The van der Waals surface area contributed by atoms with Crippen LogP contribution in [0.25, 0.3) is 0 Å². The molecule has 1 fully saturated rings. The van der Waals surface area contributed by atoms with Crippen molar-refractivity contribution in [1.82, 2.24) is 4.31 Å². The molecule has 0 radical (unpaired) electrons. The van der Waals surface area contributed by atoms with Crippen molar-refractivity contribution in [2.24, 2.45) is 5.92 Å². The summed E-state index contributed by atoms with van der Waals surface area (Å²) in [5.41, 5.74) is 2.99. The first-order valence-electron chi connectivity index (χ1n) is 11.0. The maximum absolute atomic E-state index is 13.3. The summed E-state index contributed by atoms with van der Waals surface area (Å²) in [5.74, 6) is 0.273. The fraction of sp³-hybridized carbons (Fsp3) is 0.458. The van der Waals surface area contributed by atoms with Gasteiger partial charge in [0, 0.05) is 29.7 Å². The van der Waals surface area contributed by atoms with Crippen molar-refractivity contribution in [2.45, 2.75) is 51.3 Å². The summed E-state index contributed by atoms with van der Waals surface area (Å²) in [6, 6.07) is 10.6. The lowest BCUT2D eigenvalue weighted by atomic mass is 9.95. The third-order valence-electron chi connectivity index (χ3n) is 5.82. The third kappa shape index (κ3) is 5.27. The average molecular weight is 479 g/mol. The van der Waals surface area contributed by atoms with Gasteiger partial charge in [0.2, 0.25) is 15.9 Å². The van der Waals surface area contributed by atoms with Gasteiger partial charge in [-0.25, -0.2) is 8.42 Å². The zero-order valence-corrected chi connectivity index (χ0v) is 20.6. The Morgan fingerprint density at radius 2 is 1.91 bits per heavy atom. The van der Waals surface area contributed by atoms with Gasteiger partial charge in [-0.15, -0.1) is 0 Å². The molecule has 0 aliphatic carbocycles. The van der Waals surface area contributed by atoms with Crippen molar-refractivity contribution in [3.05, 3.63) is 52.5 Å². The molecular formula is C24H31ClN2O4S. The molecule has 6 nitrogen and oxygen atoms in total. The van der Waals surface area contributed by atoms with Crippen LogP contribution in [0, 0.1) is 12.8 Å². The van der Waals surface area contributed by atoms with Gasteiger partial charge < -0.3 is 10.1 Å². The highest BCUT2D eigenvalue weighted by Crippen LogP contribution is 2.33. The highest BCUT2D eigenvalue weighted by molar-refractivity contribution is 7.89. The number of benzene rings is 2. The molecule has 1 saturated heterocycles. The van der Waals surface area contributed by atoms with E-state index in [0.29, 0.717) is 24.5 Å². The van der Waals surface area contributed by atoms with Crippen LogP contribution in [0.5, 0.6) is 5.75 Å². The van der Waals surface area contributed by atoms with Crippen LogP contribution in [0.2, 0.25) is 5.02 Å². The Morgan fingerprint density at radius 3 is 2.53 bits per heavy atom. The number of aryl methyl sites for hydroxylation is 1. The maximum atomic E-state index is 13.3. The first-order valence-corrected chi connectivity index (χ1v) is 12.8. The second-order valence-corrected chi connectivity index (χ2v) is 10.7. The number of carbonyl (C=O) groups is 1. The Morgan fingerprint density at radius 1 is 1.22 bits per heavy atom. The van der Waals surface area contributed by atoms with Crippen LogP contribution in [0.3, 0.4) is 0 Å². The van der Waals surface area contributed by atoms with Crippen LogP contribution in [-0.4, -0.2) is 38.3 Å². The van der Waals surface area contributed by atoms with Crippen molar-refractivity contribution in [3.63, 3.8) is 0 Å². The molecule has 3 rings (SSSR count). The summed E-state index contributed by atoms with van der Waals surface area (Å²) in [4.78, 5) is 13.1. The fourth-order valence-corrected chi connectivity index (χ4v) is 5.89. The number of halogens is 1. The van der Waals surface area contributed by atoms with Crippen molar-refractivity contribution in [2.75, 3.05) is 25.0 Å². The number of amides is 1. The smallest absolute Gasteiger partial charge is 0.246 e. The Kier molecular flexibility index (Phi) is 7.85. The zero-order chi connectivity index (χ0) is 23.5. The summed E-state index contributed by atoms with van der Waals surface area (Å²) in [7, 11) is -3.78. The molecule has 0 atom stereocenters. The molecule has 2 aromatic carbocycles. The number of anilines is 1. The third-order valence-corrected chi connectivity index (χ3v) is 7.98. The van der Waals surface area contributed by atoms with Crippen molar-refractivity contribution < 1.29 is 17.9 Å². The summed E-state index contributed by atoms with van der Waals surface area (Å²) < 4.78 is 33.4. The van der Waals surface area contributed by atoms with Gasteiger partial charge in [0.15, 0.2) is 0 Å². The second kappa shape index (κ2) is 10.2.